The van der Waals surface area contributed by atoms with Gasteiger partial charge < -0.3 is 125 Å². The number of hydrogen-bond donors (Lipinski definition) is 4. The molecule has 0 aromatic carbocycles. The molecule has 0 aromatic rings. The monoisotopic (exact) mass is 1120 g/mol. The summed E-state index contributed by atoms with van der Waals surface area (Å²) >= 11 is 0. The van der Waals surface area contributed by atoms with Crippen LogP contribution in [0.2, 0.25) is 0 Å². The minimum absolute atomic E-state index is 0. The van der Waals surface area contributed by atoms with E-state index < -0.39 is 72.7 Å². The van der Waals surface area contributed by atoms with Gasteiger partial charge in [-0.2, -0.15) is 0 Å². The van der Waals surface area contributed by atoms with E-state index in [1.807, 2.05) is 0 Å². The number of hydrogen-bond acceptors (Lipinski definition) is 12. The number of nitrogens with two attached hydrogens (primary N) is 2. The summed E-state index contributed by atoms with van der Waals surface area (Å²) in [5.41, 5.74) is -6.32. The molecular weight excluding hydrogens is 1080 g/mol. The van der Waals surface area contributed by atoms with Crippen molar-refractivity contribution in [3.05, 3.63) is 0 Å². The Bertz CT molecular complexity index is 614. The number of aliphatic carboxylic acids is 6. The van der Waals surface area contributed by atoms with Gasteiger partial charge in [-0.05, 0) is 12.8 Å². The van der Waals surface area contributed by atoms with Crippen molar-refractivity contribution in [3.8, 4) is 0 Å². The van der Waals surface area contributed by atoms with Crippen molar-refractivity contribution in [1.82, 2.24) is 0 Å². The zero-order valence-corrected chi connectivity index (χ0v) is 30.7. The van der Waals surface area contributed by atoms with Crippen molar-refractivity contribution >= 4 is 35.8 Å². The minimum Gasteiger partial charge on any atom is -2.00 e. The second-order valence-electron chi connectivity index (χ2n) is 6.53. The largest absolute Gasteiger partial charge is 2.00 e. The molecule has 0 radical (unpaired) electrons. The average molecular weight is 1120 g/mol. The van der Waals surface area contributed by atoms with Gasteiger partial charge in [-0.25, -0.2) is 0 Å². The first-order valence-corrected chi connectivity index (χ1v) is 8.86. The number of quaternary nitrogens is 2. The van der Waals surface area contributed by atoms with Crippen LogP contribution in [0.4, 0.5) is 0 Å². The van der Waals surface area contributed by atoms with Crippen LogP contribution in [0.25, 0.3) is 0 Å². The fraction of sp³-hybridized carbons (Fsp3) is 0.625. The normalized spacial score (nSPS) is 11.9. The van der Waals surface area contributed by atoms with E-state index in [1.54, 1.807) is 0 Å². The quantitative estimate of drug-likeness (QED) is 0.148. The maximum Gasteiger partial charge on any atom is 0.302 e. The summed E-state index contributed by atoms with van der Waals surface area (Å²) in [4.78, 5) is 60.0. The summed E-state index contributed by atoms with van der Waals surface area (Å²) in [5, 5.41) is 82.9. The van der Waals surface area contributed by atoms with Gasteiger partial charge in [0.05, 0.1) is 0 Å². The average Bonchev–Trinajstić information content (AvgIpc) is 2.61. The Kier molecular flexibility index (Phi) is 93.8. The van der Waals surface area contributed by atoms with Crippen LogP contribution >= 0.6 is 0 Å². The molecule has 20 N–H and O–H groups in total. The van der Waals surface area contributed by atoms with Crippen LogP contribution < -0.4 is 41.3 Å². The number of carboxylic acids is 6. The standard InChI is InChI=1S/2C6H7O7.C4H10N2.6H2O.4O.2U/c2*7-3(8)1-6(13,5(11)12)2-4(9)10;1-2-6-4-3-5-1;;;;;;;;;;;;/h2*1-2H2,(H,7,8)(H,9,10)(H,11,12);5-6H,1-4H2;6*1H2;;;;;;/q2*-1;;;;;;;;4*-2;;. The van der Waals surface area contributed by atoms with Crippen LogP contribution in [-0.2, 0) is 61.6 Å². The van der Waals surface area contributed by atoms with E-state index in [9.17, 15) is 59.4 Å². The number of carboxylic acid groups (broad SMARTS) is 6. The fourth-order valence-electron chi connectivity index (χ4n) is 2.13. The summed E-state index contributed by atoms with van der Waals surface area (Å²) in [6.45, 7) is 5.28. The van der Waals surface area contributed by atoms with Gasteiger partial charge in [-0.1, -0.05) is 11.2 Å². The van der Waals surface area contributed by atoms with Crippen molar-refractivity contribution < 1.29 is 197 Å². The third kappa shape index (κ3) is 47.3. The van der Waals surface area contributed by atoms with E-state index >= 15 is 0 Å². The predicted molar refractivity (Wildman–Crippen MR) is 109 cm³/mol. The number of carbonyl (C=O) groups is 6. The van der Waals surface area contributed by atoms with E-state index in [0.717, 1.165) is 0 Å². The molecule has 0 unspecified atom stereocenters. The smallest absolute Gasteiger partial charge is 0.302 e. The molecule has 1 fully saturated rings. The maximum absolute atomic E-state index is 11.0. The van der Waals surface area contributed by atoms with Gasteiger partial charge in [0.2, 0.25) is 0 Å². The third-order valence-corrected chi connectivity index (χ3v) is 3.63. The summed E-state index contributed by atoms with van der Waals surface area (Å²) in [6, 6.07) is 0. The summed E-state index contributed by atoms with van der Waals surface area (Å²) in [5.74, 6) is -11.8. The van der Waals surface area contributed by atoms with Crippen LogP contribution in [0.1, 0.15) is 25.7 Å². The molecule has 26 nitrogen and oxygen atoms in total. The van der Waals surface area contributed by atoms with Gasteiger partial charge in [0.15, 0.2) is 0 Å². The molecule has 1 aliphatic heterocycles. The Hall–Kier alpha value is -1.64. The number of carbonyl (C=O) groups excluding carboxylic acids is 4. The minimum atomic E-state index is -3.16. The second-order valence-corrected chi connectivity index (χ2v) is 6.53. The maximum atomic E-state index is 11.0. The molecule has 1 aliphatic rings. The fourth-order valence-corrected chi connectivity index (χ4v) is 2.13. The van der Waals surface area contributed by atoms with E-state index in [1.165, 1.54) is 26.2 Å². The second kappa shape index (κ2) is 45.8. The third-order valence-electron chi connectivity index (χ3n) is 3.63. The molecule has 1 rings (SSSR count). The molecule has 1 heterocycles. The van der Waals surface area contributed by atoms with Gasteiger partial charge in [0.1, 0.15) is 26.2 Å². The van der Waals surface area contributed by atoms with Gasteiger partial charge >= 0.3 is 11.9 Å². The van der Waals surface area contributed by atoms with Crippen molar-refractivity contribution in [2.24, 2.45) is 0 Å². The summed E-state index contributed by atoms with van der Waals surface area (Å²) in [7, 11) is 0. The summed E-state index contributed by atoms with van der Waals surface area (Å²) < 4.78 is 0. The Balaban J connectivity index is -0.0000000233. The first kappa shape index (κ1) is 90.1. The molecule has 0 aromatic heterocycles. The van der Waals surface area contributed by atoms with Crippen molar-refractivity contribution in [2.75, 3.05) is 26.2 Å². The van der Waals surface area contributed by atoms with Gasteiger partial charge in [-0.3, -0.25) is 9.59 Å². The predicted octanol–water partition coefficient (Wildman–Crippen LogP) is -17.6. The van der Waals surface area contributed by atoms with Crippen molar-refractivity contribution in [3.63, 3.8) is 0 Å². The van der Waals surface area contributed by atoms with E-state index in [2.05, 4.69) is 10.6 Å². The molecule has 1 saturated heterocycles. The topological polar surface area (TPSA) is 620 Å². The molecule has 2 atom stereocenters. The van der Waals surface area contributed by atoms with Gasteiger partial charge in [0, 0.05) is 98.9 Å². The van der Waals surface area contributed by atoms with Crippen LogP contribution in [0.5, 0.6) is 0 Å². The van der Waals surface area contributed by atoms with Crippen LogP contribution in [0.3, 0.4) is 0 Å². The number of piperazine rings is 1. The Morgan fingerprint density at radius 1 is 0.523 bits per heavy atom. The Morgan fingerprint density at radius 3 is 0.795 bits per heavy atom. The Labute approximate surface area is 294 Å². The zero-order valence-electron chi connectivity index (χ0n) is 22.4. The van der Waals surface area contributed by atoms with Crippen molar-refractivity contribution in [1.29, 1.82) is 0 Å². The van der Waals surface area contributed by atoms with Crippen molar-refractivity contribution in [2.45, 2.75) is 36.9 Å². The molecule has 0 spiro atoms. The number of rotatable bonds is 10. The van der Waals surface area contributed by atoms with Crippen LogP contribution in [-0.4, -0.2) is 105 Å². The molecule has 0 bridgehead atoms. The zero-order chi connectivity index (χ0) is 25.5. The van der Waals surface area contributed by atoms with Gasteiger partial charge in [0.25, 0.3) is 0 Å². The first-order valence-electron chi connectivity index (χ1n) is 8.86. The Morgan fingerprint density at radius 2 is 0.705 bits per heavy atom. The molecule has 44 heavy (non-hydrogen) atoms. The van der Waals surface area contributed by atoms with Crippen LogP contribution in [0, 0.1) is 62.2 Å². The van der Waals surface area contributed by atoms with E-state index in [-0.39, 0.29) is 117 Å². The SMILES string of the molecule is C1C[NH2+]CC[NH2+]1.O.O.O.O.O=C([O-])C[C@@]([O-])(CC(=O)O)C(=O)[O-].O=C([O-])C[C@]([O-])(CC(=O)O)C(=O)[O-].[O-2].[O-2].[O-2].[O-2].[OH3+].[OH3+].[U].[U]. The molecule has 0 aliphatic carbocycles. The molecule has 0 amide bonds. The molecular formula is C16H36N2O24U2-10. The van der Waals surface area contributed by atoms with E-state index in [4.69, 9.17) is 10.2 Å². The molecule has 0 saturated carbocycles. The first-order chi connectivity index (χ1) is 14.6. The van der Waals surface area contributed by atoms with E-state index in [0.29, 0.717) is 0 Å². The summed E-state index contributed by atoms with van der Waals surface area (Å²) in [6.07, 6.45) is -5.57. The molecule has 272 valence electrons. The van der Waals surface area contributed by atoms with Gasteiger partial charge in [-0.15, -0.1) is 0 Å². The van der Waals surface area contributed by atoms with Crippen LogP contribution in [0.15, 0.2) is 0 Å². The molecule has 28 heteroatoms.